The van der Waals surface area contributed by atoms with E-state index in [9.17, 15) is 9.90 Å². The number of nitrogens with zero attached hydrogens (tertiary/aromatic N) is 2. The second-order valence-corrected chi connectivity index (χ2v) is 7.88. The first kappa shape index (κ1) is 22.3. The third kappa shape index (κ3) is 3.99. The summed E-state index contributed by atoms with van der Waals surface area (Å²) in [6.07, 6.45) is 3.96. The molecule has 0 bridgehead atoms. The first-order valence-corrected chi connectivity index (χ1v) is 10.2. The third-order valence-corrected chi connectivity index (χ3v) is 5.92. The summed E-state index contributed by atoms with van der Waals surface area (Å²) < 4.78 is 8.11. The summed E-state index contributed by atoms with van der Waals surface area (Å²) in [4.78, 5) is 16.0. The molecule has 0 unspecified atom stereocenters. The van der Waals surface area contributed by atoms with Crippen molar-refractivity contribution in [1.29, 1.82) is 0 Å². The van der Waals surface area contributed by atoms with E-state index in [0.29, 0.717) is 18.9 Å². The summed E-state index contributed by atoms with van der Waals surface area (Å²) in [5.74, 6) is -0.541. The molecule has 0 saturated carbocycles. The number of aromatic nitrogens is 2. The van der Waals surface area contributed by atoms with E-state index in [1.54, 1.807) is 12.1 Å². The van der Waals surface area contributed by atoms with E-state index in [1.165, 1.54) is 17.2 Å². The number of benzene rings is 3. The van der Waals surface area contributed by atoms with Gasteiger partial charge in [-0.05, 0) is 77.6 Å². The molecule has 6 heteroatoms. The van der Waals surface area contributed by atoms with Crippen LogP contribution in [0, 0.1) is 13.8 Å². The van der Waals surface area contributed by atoms with Crippen LogP contribution < -0.4 is 39.4 Å². The van der Waals surface area contributed by atoms with E-state index in [1.807, 2.05) is 30.6 Å². The van der Waals surface area contributed by atoms with Crippen LogP contribution >= 0.6 is 0 Å². The summed E-state index contributed by atoms with van der Waals surface area (Å²) >= 11 is 0. The van der Waals surface area contributed by atoms with E-state index in [4.69, 9.17) is 4.74 Å². The van der Waals surface area contributed by atoms with Crippen molar-refractivity contribution < 1.29 is 44.2 Å². The molecule has 0 amide bonds. The van der Waals surface area contributed by atoms with Gasteiger partial charge in [-0.15, -0.1) is 0 Å². The molecule has 1 aliphatic rings. The number of fused-ring (bicyclic) bond motifs is 3. The first-order valence-electron chi connectivity index (χ1n) is 10.2. The van der Waals surface area contributed by atoms with Crippen LogP contribution in [0.1, 0.15) is 38.2 Å². The van der Waals surface area contributed by atoms with Crippen molar-refractivity contribution >= 4 is 22.6 Å². The summed E-state index contributed by atoms with van der Waals surface area (Å²) in [7, 11) is 0. The van der Waals surface area contributed by atoms with Gasteiger partial charge in [-0.2, -0.15) is 0 Å². The SMILES string of the molecule is Cc1cc2ncn(CC=C3c4ccccc4COc4ccc(C(=O)[O-])cc43)c2cc1C.[Na+]. The maximum Gasteiger partial charge on any atom is 1.00 e. The van der Waals surface area contributed by atoms with Gasteiger partial charge in [0, 0.05) is 12.1 Å². The third-order valence-electron chi connectivity index (χ3n) is 5.92. The Morgan fingerprint density at radius 2 is 1.88 bits per heavy atom. The molecule has 3 aromatic carbocycles. The van der Waals surface area contributed by atoms with Crippen LogP contribution in [0.2, 0.25) is 0 Å². The molecule has 154 valence electrons. The minimum atomic E-state index is -1.20. The molecule has 4 aromatic rings. The molecular formula is C26H21N2NaO3. The molecule has 0 aliphatic carbocycles. The van der Waals surface area contributed by atoms with Crippen LogP contribution in [0.15, 0.2) is 67.0 Å². The number of carbonyl (C=O) groups is 1. The fourth-order valence-electron chi connectivity index (χ4n) is 4.07. The van der Waals surface area contributed by atoms with Gasteiger partial charge in [0.25, 0.3) is 0 Å². The Labute approximate surface area is 208 Å². The van der Waals surface area contributed by atoms with Gasteiger partial charge in [0.05, 0.1) is 23.3 Å². The predicted molar refractivity (Wildman–Crippen MR) is 118 cm³/mol. The monoisotopic (exact) mass is 432 g/mol. The fraction of sp³-hybridized carbons (Fsp3) is 0.154. The maximum atomic E-state index is 11.5. The van der Waals surface area contributed by atoms with Crippen molar-refractivity contribution in [2.24, 2.45) is 0 Å². The quantitative estimate of drug-likeness (QED) is 0.454. The number of carbonyl (C=O) groups excluding carboxylic acids is 1. The number of allylic oxidation sites excluding steroid dienone is 1. The van der Waals surface area contributed by atoms with Gasteiger partial charge in [0.1, 0.15) is 12.4 Å². The predicted octanol–water partition coefficient (Wildman–Crippen LogP) is 1.04. The fourth-order valence-corrected chi connectivity index (χ4v) is 4.07. The molecule has 0 N–H and O–H groups in total. The second kappa shape index (κ2) is 8.94. The van der Waals surface area contributed by atoms with E-state index < -0.39 is 5.97 Å². The van der Waals surface area contributed by atoms with Gasteiger partial charge in [-0.25, -0.2) is 4.98 Å². The molecule has 5 rings (SSSR count). The van der Waals surface area contributed by atoms with Crippen molar-refractivity contribution in [1.82, 2.24) is 9.55 Å². The van der Waals surface area contributed by atoms with Crippen LogP contribution in [-0.4, -0.2) is 15.5 Å². The Morgan fingerprint density at radius 1 is 1.09 bits per heavy atom. The molecule has 32 heavy (non-hydrogen) atoms. The minimum Gasteiger partial charge on any atom is -0.545 e. The maximum absolute atomic E-state index is 11.5. The molecule has 0 spiro atoms. The van der Waals surface area contributed by atoms with Gasteiger partial charge in [0.2, 0.25) is 0 Å². The Morgan fingerprint density at radius 3 is 2.69 bits per heavy atom. The molecule has 1 aromatic heterocycles. The normalized spacial score (nSPS) is 13.6. The van der Waals surface area contributed by atoms with Crippen LogP contribution in [0.5, 0.6) is 5.75 Å². The molecule has 0 radical (unpaired) electrons. The zero-order valence-electron chi connectivity index (χ0n) is 18.4. The zero-order valence-corrected chi connectivity index (χ0v) is 20.4. The first-order chi connectivity index (χ1) is 15.0. The molecule has 0 saturated heterocycles. The van der Waals surface area contributed by atoms with Crippen molar-refractivity contribution in [2.75, 3.05) is 0 Å². The Hall–Kier alpha value is -2.86. The van der Waals surface area contributed by atoms with Gasteiger partial charge in [-0.3, -0.25) is 0 Å². The summed E-state index contributed by atoms with van der Waals surface area (Å²) in [6, 6.07) is 17.2. The van der Waals surface area contributed by atoms with E-state index in [2.05, 4.69) is 41.6 Å². The average Bonchev–Trinajstić information content (AvgIpc) is 3.07. The summed E-state index contributed by atoms with van der Waals surface area (Å²) in [6.45, 7) is 5.21. The minimum absolute atomic E-state index is 0. The number of carboxylic acid groups (broad SMARTS) is 1. The number of rotatable bonds is 3. The van der Waals surface area contributed by atoms with Crippen LogP contribution in [-0.2, 0) is 13.2 Å². The van der Waals surface area contributed by atoms with Crippen LogP contribution in [0.25, 0.3) is 16.6 Å². The number of hydrogen-bond acceptors (Lipinski definition) is 4. The summed E-state index contributed by atoms with van der Waals surface area (Å²) in [5.41, 5.74) is 8.39. The van der Waals surface area contributed by atoms with E-state index in [-0.39, 0.29) is 35.1 Å². The van der Waals surface area contributed by atoms with Crippen molar-refractivity contribution in [3.63, 3.8) is 0 Å². The number of aromatic carboxylic acids is 1. The molecule has 0 atom stereocenters. The molecule has 5 nitrogen and oxygen atoms in total. The second-order valence-electron chi connectivity index (χ2n) is 7.88. The number of ether oxygens (including phenoxy) is 1. The van der Waals surface area contributed by atoms with Crippen LogP contribution in [0.4, 0.5) is 0 Å². The summed E-state index contributed by atoms with van der Waals surface area (Å²) in [5, 5.41) is 11.5. The average molecular weight is 432 g/mol. The number of aryl methyl sites for hydroxylation is 2. The largest absolute Gasteiger partial charge is 1.00 e. The van der Waals surface area contributed by atoms with Crippen molar-refractivity contribution in [3.05, 3.63) is 100 Å². The van der Waals surface area contributed by atoms with E-state index >= 15 is 0 Å². The van der Waals surface area contributed by atoms with Crippen molar-refractivity contribution in [2.45, 2.75) is 27.0 Å². The van der Waals surface area contributed by atoms with Gasteiger partial charge in [-0.1, -0.05) is 30.3 Å². The Bertz CT molecular complexity index is 1370. The Kier molecular flexibility index (Phi) is 6.24. The smallest absolute Gasteiger partial charge is 0.545 e. The standard InChI is InChI=1S/C26H22N2O3.Na/c1-16-11-23-24(12-17(16)2)28(15-27-23)10-9-21-20-6-4-3-5-19(20)14-31-25-8-7-18(26(29)30)13-22(21)25;/h3-9,11-13,15H,10,14H2,1-2H3,(H,29,30);/q;+1/p-1. The molecule has 2 heterocycles. The van der Waals surface area contributed by atoms with Gasteiger partial charge in [0.15, 0.2) is 0 Å². The molecule has 0 fully saturated rings. The van der Waals surface area contributed by atoms with Crippen molar-refractivity contribution in [3.8, 4) is 5.75 Å². The number of carboxylic acids is 1. The topological polar surface area (TPSA) is 67.2 Å². The van der Waals surface area contributed by atoms with Gasteiger partial charge >= 0.3 is 29.6 Å². The van der Waals surface area contributed by atoms with Gasteiger partial charge < -0.3 is 19.2 Å². The number of imidazole rings is 1. The Balaban J connectivity index is 0.00000245. The number of hydrogen-bond donors (Lipinski definition) is 0. The van der Waals surface area contributed by atoms with E-state index in [0.717, 1.165) is 33.3 Å². The van der Waals surface area contributed by atoms with Crippen LogP contribution in [0.3, 0.4) is 0 Å². The molecular weight excluding hydrogens is 411 g/mol. The zero-order chi connectivity index (χ0) is 21.5. The molecule has 1 aliphatic heterocycles.